The van der Waals surface area contributed by atoms with Gasteiger partial charge in [-0.15, -0.1) is 5.06 Å². The highest BCUT2D eigenvalue weighted by molar-refractivity contribution is 6.03. The monoisotopic (exact) mass is 460 g/mol. The molecule has 0 aliphatic carbocycles. The van der Waals surface area contributed by atoms with Crippen LogP contribution in [-0.2, 0) is 40.0 Å². The zero-order valence-corrected chi connectivity index (χ0v) is 18.1. The maximum Gasteiger partial charge on any atom is 0.407 e. The van der Waals surface area contributed by atoms with E-state index >= 15 is 0 Å². The molecule has 1 aromatic rings. The molecule has 0 aromatic heterocycles. The molecule has 0 spiro atoms. The van der Waals surface area contributed by atoms with Gasteiger partial charge < -0.3 is 25.5 Å². The number of nitrogens with one attached hydrogen (secondary N) is 3. The fourth-order valence-corrected chi connectivity index (χ4v) is 2.78. The number of carbonyl (C=O) groups excluding carboxylic acids is 6. The van der Waals surface area contributed by atoms with Crippen LogP contribution in [-0.4, -0.2) is 60.5 Å². The molecule has 0 radical (unpaired) electrons. The molecule has 1 saturated heterocycles. The second-order valence-electron chi connectivity index (χ2n) is 6.81. The molecule has 3 N–H and O–H groups in total. The molecule has 1 heterocycles. The Bertz CT molecular complexity index is 944. The van der Waals surface area contributed by atoms with Crippen LogP contribution >= 0.6 is 0 Å². The van der Waals surface area contributed by atoms with Crippen LogP contribution in [0.1, 0.15) is 25.3 Å². The van der Waals surface area contributed by atoms with Gasteiger partial charge in [-0.2, -0.15) is 0 Å². The first-order valence-corrected chi connectivity index (χ1v) is 9.95. The van der Waals surface area contributed by atoms with E-state index in [0.29, 0.717) is 5.06 Å². The van der Waals surface area contributed by atoms with Gasteiger partial charge in [0.05, 0.1) is 7.11 Å². The second-order valence-corrected chi connectivity index (χ2v) is 6.81. The van der Waals surface area contributed by atoms with E-state index in [1.54, 1.807) is 30.3 Å². The highest BCUT2D eigenvalue weighted by Gasteiger charge is 2.34. The van der Waals surface area contributed by atoms with Crippen molar-refractivity contribution in [2.75, 3.05) is 13.7 Å². The Morgan fingerprint density at radius 2 is 1.73 bits per heavy atom. The van der Waals surface area contributed by atoms with E-state index in [2.05, 4.69) is 20.7 Å². The van der Waals surface area contributed by atoms with E-state index in [-0.39, 0.29) is 25.0 Å². The van der Waals surface area contributed by atoms with Crippen molar-refractivity contribution < 1.29 is 38.3 Å². The van der Waals surface area contributed by atoms with Gasteiger partial charge in [0, 0.05) is 19.3 Å². The Hall–Kier alpha value is -4.22. The summed E-state index contributed by atoms with van der Waals surface area (Å²) in [4.78, 5) is 76.7. The molecule has 1 atom stereocenters. The number of nitrogens with zero attached hydrogens (tertiary/aromatic N) is 1. The smallest absolute Gasteiger partial charge is 0.407 e. The van der Waals surface area contributed by atoms with Crippen molar-refractivity contribution in [3.63, 3.8) is 0 Å². The number of alkyl carbamates (subject to hydrolysis) is 1. The number of carbonyl (C=O) groups is 6. The zero-order valence-electron chi connectivity index (χ0n) is 18.1. The Morgan fingerprint density at radius 1 is 1.09 bits per heavy atom. The quantitative estimate of drug-likeness (QED) is 0.334. The first-order chi connectivity index (χ1) is 15.7. The maximum atomic E-state index is 12.9. The number of methoxy groups -OCH3 is 1. The van der Waals surface area contributed by atoms with E-state index in [1.165, 1.54) is 13.0 Å². The van der Waals surface area contributed by atoms with Gasteiger partial charge in [0.15, 0.2) is 0 Å². The highest BCUT2D eigenvalue weighted by atomic mass is 16.7. The Labute approximate surface area is 189 Å². The van der Waals surface area contributed by atoms with Gasteiger partial charge in [0.2, 0.25) is 11.8 Å². The van der Waals surface area contributed by atoms with E-state index < -0.39 is 48.3 Å². The average Bonchev–Trinajstić information content (AvgIpc) is 3.12. The van der Waals surface area contributed by atoms with Crippen molar-refractivity contribution in [1.29, 1.82) is 0 Å². The SMILES string of the molecule is CC=C(NC(=O)C(Cc1ccccc1)NC(=O)CNC(=O)OC)C(=O)ON1C(=O)CCC1=O. The molecule has 12 heteroatoms. The maximum absolute atomic E-state index is 12.9. The summed E-state index contributed by atoms with van der Waals surface area (Å²) in [6.45, 7) is 0.999. The van der Waals surface area contributed by atoms with Crippen LogP contribution in [0.5, 0.6) is 0 Å². The Balaban J connectivity index is 2.08. The second kappa shape index (κ2) is 12.0. The number of hydrogen-bond donors (Lipinski definition) is 3. The number of amides is 5. The lowest BCUT2D eigenvalue weighted by Crippen LogP contribution is -2.51. The molecule has 2 rings (SSSR count). The van der Waals surface area contributed by atoms with E-state index in [9.17, 15) is 28.8 Å². The number of benzene rings is 1. The topological polar surface area (TPSA) is 160 Å². The number of hydroxylamine groups is 2. The average molecular weight is 460 g/mol. The molecular weight excluding hydrogens is 436 g/mol. The number of allylic oxidation sites excluding steroid dienone is 1. The fourth-order valence-electron chi connectivity index (χ4n) is 2.78. The summed E-state index contributed by atoms with van der Waals surface area (Å²) in [5.41, 5.74) is 0.393. The standard InChI is InChI=1S/C21H24N4O8/c1-3-14(20(30)33-25-17(27)9-10-18(25)28)24-19(29)15(11-13-7-5-4-6-8-13)23-16(26)12-22-21(31)32-2/h3-8,15H,9-12H2,1-2H3,(H,22,31)(H,23,26)(H,24,29). The van der Waals surface area contributed by atoms with Crippen molar-refractivity contribution in [2.45, 2.75) is 32.2 Å². The highest BCUT2D eigenvalue weighted by Crippen LogP contribution is 2.13. The predicted octanol–water partition coefficient (Wildman–Crippen LogP) is -0.303. The van der Waals surface area contributed by atoms with Crippen LogP contribution < -0.4 is 16.0 Å². The van der Waals surface area contributed by atoms with Gasteiger partial charge in [-0.1, -0.05) is 36.4 Å². The van der Waals surface area contributed by atoms with Crippen molar-refractivity contribution in [3.05, 3.63) is 47.7 Å². The first-order valence-electron chi connectivity index (χ1n) is 9.95. The van der Waals surface area contributed by atoms with Crippen molar-refractivity contribution in [3.8, 4) is 0 Å². The van der Waals surface area contributed by atoms with Gasteiger partial charge in [-0.3, -0.25) is 19.2 Å². The molecule has 33 heavy (non-hydrogen) atoms. The summed E-state index contributed by atoms with van der Waals surface area (Å²) in [5.74, 6) is -3.87. The van der Waals surface area contributed by atoms with Crippen LogP contribution in [0, 0.1) is 0 Å². The molecule has 176 valence electrons. The van der Waals surface area contributed by atoms with Crippen LogP contribution in [0.3, 0.4) is 0 Å². The van der Waals surface area contributed by atoms with Gasteiger partial charge in [0.1, 0.15) is 18.3 Å². The van der Waals surface area contributed by atoms with E-state index in [0.717, 1.165) is 12.7 Å². The van der Waals surface area contributed by atoms with Crippen LogP contribution in [0.4, 0.5) is 4.79 Å². The third-order valence-electron chi connectivity index (χ3n) is 4.46. The lowest BCUT2D eigenvalue weighted by Gasteiger charge is -2.20. The first kappa shape index (κ1) is 25.0. The molecule has 12 nitrogen and oxygen atoms in total. The summed E-state index contributed by atoms with van der Waals surface area (Å²) in [6.07, 6.45) is 0.333. The minimum Gasteiger partial charge on any atom is -0.453 e. The normalized spacial score (nSPS) is 14.4. The summed E-state index contributed by atoms with van der Waals surface area (Å²) in [5, 5.41) is 7.38. The van der Waals surface area contributed by atoms with E-state index in [4.69, 9.17) is 4.84 Å². The molecular formula is C21H24N4O8. The predicted molar refractivity (Wildman–Crippen MR) is 112 cm³/mol. The molecule has 1 unspecified atom stereocenters. The number of imide groups is 1. The summed E-state index contributed by atoms with van der Waals surface area (Å²) in [7, 11) is 1.14. The summed E-state index contributed by atoms with van der Waals surface area (Å²) in [6, 6.07) is 7.65. The minimum absolute atomic E-state index is 0.0750. The molecule has 1 aliphatic rings. The van der Waals surface area contributed by atoms with Crippen LogP contribution in [0.25, 0.3) is 0 Å². The van der Waals surface area contributed by atoms with Gasteiger partial charge in [-0.05, 0) is 12.5 Å². The summed E-state index contributed by atoms with van der Waals surface area (Å²) >= 11 is 0. The van der Waals surface area contributed by atoms with E-state index in [1.807, 2.05) is 0 Å². The largest absolute Gasteiger partial charge is 0.453 e. The van der Waals surface area contributed by atoms with Crippen molar-refractivity contribution >= 4 is 35.7 Å². The third-order valence-corrected chi connectivity index (χ3v) is 4.46. The lowest BCUT2D eigenvalue weighted by molar-refractivity contribution is -0.194. The molecule has 1 fully saturated rings. The van der Waals surface area contributed by atoms with Gasteiger partial charge in [0.25, 0.3) is 11.8 Å². The number of rotatable bonds is 9. The minimum atomic E-state index is -1.13. The number of hydrogen-bond acceptors (Lipinski definition) is 8. The lowest BCUT2D eigenvalue weighted by atomic mass is 10.0. The van der Waals surface area contributed by atoms with Gasteiger partial charge >= 0.3 is 12.1 Å². The van der Waals surface area contributed by atoms with Crippen LogP contribution in [0.2, 0.25) is 0 Å². The molecule has 1 aliphatic heterocycles. The molecule has 1 aromatic carbocycles. The van der Waals surface area contributed by atoms with Crippen LogP contribution in [0.15, 0.2) is 42.1 Å². The molecule has 0 saturated carbocycles. The summed E-state index contributed by atoms with van der Waals surface area (Å²) < 4.78 is 4.39. The van der Waals surface area contributed by atoms with Gasteiger partial charge in [-0.25, -0.2) is 9.59 Å². The van der Waals surface area contributed by atoms with Crippen molar-refractivity contribution in [2.24, 2.45) is 0 Å². The molecule has 0 bridgehead atoms. The fraction of sp³-hybridized carbons (Fsp3) is 0.333. The molecule has 5 amide bonds. The van der Waals surface area contributed by atoms with Crippen molar-refractivity contribution in [1.82, 2.24) is 21.0 Å². The Kier molecular flexibility index (Phi) is 9.09. The zero-order chi connectivity index (χ0) is 24.4. The third kappa shape index (κ3) is 7.45. The Morgan fingerprint density at radius 3 is 2.30 bits per heavy atom. The number of ether oxygens (including phenoxy) is 1.